The van der Waals surface area contributed by atoms with Crippen LogP contribution in [0, 0.1) is 5.92 Å². The molecule has 0 bridgehead atoms. The van der Waals surface area contributed by atoms with Gasteiger partial charge in [-0.15, -0.1) is 0 Å². The average Bonchev–Trinajstić information content (AvgIpc) is 2.63. The Hall–Kier alpha value is -2.24. The van der Waals surface area contributed by atoms with Crippen LogP contribution in [0.15, 0.2) is 24.3 Å². The Morgan fingerprint density at radius 2 is 1.81 bits per heavy atom. The lowest BCUT2D eigenvalue weighted by Gasteiger charge is -2.29. The number of nitrogens with one attached hydrogen (secondary N) is 1. The van der Waals surface area contributed by atoms with E-state index in [2.05, 4.69) is 12.2 Å². The number of esters is 1. The van der Waals surface area contributed by atoms with Crippen molar-refractivity contribution in [3.05, 3.63) is 24.3 Å². The van der Waals surface area contributed by atoms with Gasteiger partial charge in [-0.1, -0.05) is 31.9 Å². The van der Waals surface area contributed by atoms with Gasteiger partial charge in [-0.05, 0) is 37.8 Å². The highest BCUT2D eigenvalue weighted by atomic mass is 16.5. The van der Waals surface area contributed by atoms with Gasteiger partial charge < -0.3 is 19.5 Å². The Labute approximate surface area is 155 Å². The quantitative estimate of drug-likeness (QED) is 0.683. The molecule has 2 rings (SSSR count). The van der Waals surface area contributed by atoms with E-state index in [-0.39, 0.29) is 31.6 Å². The Kier molecular flexibility index (Phi) is 8.25. The second kappa shape index (κ2) is 10.7. The smallest absolute Gasteiger partial charge is 0.309 e. The first-order chi connectivity index (χ1) is 12.6. The minimum Gasteiger partial charge on any atom is -0.490 e. The largest absolute Gasteiger partial charge is 0.490 e. The van der Waals surface area contributed by atoms with Gasteiger partial charge >= 0.3 is 5.97 Å². The molecule has 0 spiro atoms. The fraction of sp³-hybridized carbons (Fsp3) is 0.600. The molecule has 1 aromatic carbocycles. The first-order valence-corrected chi connectivity index (χ1v) is 9.39. The lowest BCUT2D eigenvalue weighted by atomic mass is 9.86. The monoisotopic (exact) mass is 363 g/mol. The molecule has 0 aliphatic heterocycles. The number of para-hydroxylation sites is 2. The summed E-state index contributed by atoms with van der Waals surface area (Å²) >= 11 is 0. The summed E-state index contributed by atoms with van der Waals surface area (Å²) in [6.45, 7) is 4.51. The van der Waals surface area contributed by atoms with Crippen molar-refractivity contribution in [2.24, 2.45) is 5.92 Å². The number of benzene rings is 1. The van der Waals surface area contributed by atoms with E-state index in [0.29, 0.717) is 24.0 Å². The summed E-state index contributed by atoms with van der Waals surface area (Å²) in [5, 5.41) is 2.96. The summed E-state index contributed by atoms with van der Waals surface area (Å²) in [4.78, 5) is 23.7. The maximum atomic E-state index is 11.9. The molecule has 1 amide bonds. The fourth-order valence-corrected chi connectivity index (χ4v) is 3.09. The molecule has 6 heteroatoms. The lowest BCUT2D eigenvalue weighted by Crippen LogP contribution is -2.42. The summed E-state index contributed by atoms with van der Waals surface area (Å²) in [6.07, 6.45) is 4.55. The minimum atomic E-state index is -0.453. The van der Waals surface area contributed by atoms with E-state index in [9.17, 15) is 9.59 Å². The Morgan fingerprint density at radius 1 is 1.12 bits per heavy atom. The molecule has 1 aliphatic carbocycles. The van der Waals surface area contributed by atoms with Crippen molar-refractivity contribution < 1.29 is 23.8 Å². The van der Waals surface area contributed by atoms with Crippen LogP contribution in [-0.2, 0) is 14.3 Å². The Bertz CT molecular complexity index is 589. The van der Waals surface area contributed by atoms with Crippen LogP contribution in [-0.4, -0.2) is 37.7 Å². The van der Waals surface area contributed by atoms with E-state index in [1.54, 1.807) is 6.07 Å². The molecule has 0 heterocycles. The van der Waals surface area contributed by atoms with Crippen molar-refractivity contribution in [2.75, 3.05) is 19.8 Å². The molecule has 1 fully saturated rings. The number of ether oxygens (including phenoxy) is 3. The zero-order valence-corrected chi connectivity index (χ0v) is 15.7. The van der Waals surface area contributed by atoms with Crippen LogP contribution < -0.4 is 14.8 Å². The van der Waals surface area contributed by atoms with Crippen molar-refractivity contribution in [3.8, 4) is 11.5 Å². The zero-order valence-electron chi connectivity index (χ0n) is 15.7. The molecular formula is C20H29NO5. The molecule has 0 unspecified atom stereocenters. The van der Waals surface area contributed by atoms with E-state index < -0.39 is 5.97 Å². The number of rotatable bonds is 9. The first kappa shape index (κ1) is 20.1. The zero-order chi connectivity index (χ0) is 18.8. The van der Waals surface area contributed by atoms with Gasteiger partial charge in [0.25, 0.3) is 5.91 Å². The summed E-state index contributed by atoms with van der Waals surface area (Å²) in [7, 11) is 0. The van der Waals surface area contributed by atoms with Crippen molar-refractivity contribution in [1.82, 2.24) is 5.32 Å². The van der Waals surface area contributed by atoms with Crippen LogP contribution in [0.5, 0.6) is 11.5 Å². The average molecular weight is 363 g/mol. The van der Waals surface area contributed by atoms with Crippen molar-refractivity contribution in [1.29, 1.82) is 0 Å². The van der Waals surface area contributed by atoms with Crippen LogP contribution in [0.2, 0.25) is 0 Å². The summed E-state index contributed by atoms with van der Waals surface area (Å²) in [5.74, 6) is 1.02. The molecule has 2 atom stereocenters. The van der Waals surface area contributed by atoms with Crippen molar-refractivity contribution >= 4 is 11.9 Å². The Balaban J connectivity index is 1.65. The highest BCUT2D eigenvalue weighted by Crippen LogP contribution is 2.26. The van der Waals surface area contributed by atoms with Gasteiger partial charge in [-0.3, -0.25) is 9.59 Å². The molecule has 1 N–H and O–H groups in total. The third-order valence-corrected chi connectivity index (χ3v) is 4.53. The molecule has 6 nitrogen and oxygen atoms in total. The predicted molar refractivity (Wildman–Crippen MR) is 98.2 cm³/mol. The second-order valence-corrected chi connectivity index (χ2v) is 6.57. The third-order valence-electron chi connectivity index (χ3n) is 4.53. The molecule has 144 valence electrons. The molecule has 0 saturated heterocycles. The van der Waals surface area contributed by atoms with E-state index in [1.165, 1.54) is 6.42 Å². The maximum absolute atomic E-state index is 11.9. The standard InChI is InChI=1S/C20H29NO5/c1-3-24-17-10-6-7-11-18(17)25-13-12-20(23)26-14-19(22)21-16-9-5-4-8-15(16)2/h6-7,10-11,15-16H,3-5,8-9,12-14H2,1-2H3,(H,21,22)/t15-,16-/m0/s1. The van der Waals surface area contributed by atoms with Crippen molar-refractivity contribution in [3.63, 3.8) is 0 Å². The van der Waals surface area contributed by atoms with Gasteiger partial charge in [0.1, 0.15) is 0 Å². The summed E-state index contributed by atoms with van der Waals surface area (Å²) in [5.41, 5.74) is 0. The lowest BCUT2D eigenvalue weighted by molar-refractivity contribution is -0.149. The highest BCUT2D eigenvalue weighted by Gasteiger charge is 2.23. The number of hydrogen-bond acceptors (Lipinski definition) is 5. The van der Waals surface area contributed by atoms with Gasteiger partial charge in [0.2, 0.25) is 0 Å². The number of amides is 1. The molecule has 26 heavy (non-hydrogen) atoms. The van der Waals surface area contributed by atoms with Crippen LogP contribution in [0.25, 0.3) is 0 Å². The predicted octanol–water partition coefficient (Wildman–Crippen LogP) is 3.09. The Morgan fingerprint density at radius 3 is 2.50 bits per heavy atom. The number of carbonyl (C=O) groups excluding carboxylic acids is 2. The summed E-state index contributed by atoms with van der Waals surface area (Å²) < 4.78 is 16.1. The molecule has 1 saturated carbocycles. The van der Waals surface area contributed by atoms with E-state index in [4.69, 9.17) is 14.2 Å². The number of carbonyl (C=O) groups is 2. The minimum absolute atomic E-state index is 0.0770. The highest BCUT2D eigenvalue weighted by molar-refractivity contribution is 5.80. The van der Waals surface area contributed by atoms with Crippen molar-refractivity contribution in [2.45, 2.75) is 52.0 Å². The van der Waals surface area contributed by atoms with Gasteiger partial charge in [0, 0.05) is 6.04 Å². The molecular weight excluding hydrogens is 334 g/mol. The first-order valence-electron chi connectivity index (χ1n) is 9.39. The number of hydrogen-bond donors (Lipinski definition) is 1. The molecule has 1 aliphatic rings. The van der Waals surface area contributed by atoms with Gasteiger partial charge in [0.15, 0.2) is 18.1 Å². The van der Waals surface area contributed by atoms with E-state index >= 15 is 0 Å². The second-order valence-electron chi connectivity index (χ2n) is 6.57. The third kappa shape index (κ3) is 6.58. The molecule has 1 aromatic rings. The summed E-state index contributed by atoms with van der Waals surface area (Å²) in [6, 6.07) is 7.49. The molecule has 0 radical (unpaired) electrons. The maximum Gasteiger partial charge on any atom is 0.309 e. The van der Waals surface area contributed by atoms with Crippen LogP contribution in [0.3, 0.4) is 0 Å². The normalized spacial score (nSPS) is 19.5. The van der Waals surface area contributed by atoms with E-state index in [1.807, 2.05) is 25.1 Å². The van der Waals surface area contributed by atoms with Gasteiger partial charge in [-0.2, -0.15) is 0 Å². The van der Waals surface area contributed by atoms with Crippen LogP contribution in [0.1, 0.15) is 46.0 Å². The van der Waals surface area contributed by atoms with Crippen LogP contribution in [0.4, 0.5) is 0 Å². The van der Waals surface area contributed by atoms with Gasteiger partial charge in [0.05, 0.1) is 19.6 Å². The SMILES string of the molecule is CCOc1ccccc1OCCC(=O)OCC(=O)N[C@H]1CCCC[C@@H]1C. The molecule has 0 aromatic heterocycles. The topological polar surface area (TPSA) is 73.9 Å². The van der Waals surface area contributed by atoms with Crippen LogP contribution >= 0.6 is 0 Å². The van der Waals surface area contributed by atoms with E-state index in [0.717, 1.165) is 19.3 Å². The van der Waals surface area contributed by atoms with Gasteiger partial charge in [-0.25, -0.2) is 0 Å². The fourth-order valence-electron chi connectivity index (χ4n) is 3.09.